The molecule has 2 heteroatoms. The Kier molecular flexibility index (Phi) is 5.98. The molecule has 1 N–H and O–H groups in total. The number of rotatable bonds is 3. The van der Waals surface area contributed by atoms with Gasteiger partial charge in [-0.3, -0.25) is 4.79 Å². The summed E-state index contributed by atoms with van der Waals surface area (Å²) in [6.45, 7) is 5.76. The number of hydrogen-bond acceptors (Lipinski definition) is 1. The highest BCUT2D eigenvalue weighted by Crippen LogP contribution is 2.34. The van der Waals surface area contributed by atoms with E-state index in [1.165, 1.54) is 0 Å². The largest absolute Gasteiger partial charge is 0.480 e. The Hall–Kier alpha value is -2.09. The van der Waals surface area contributed by atoms with Crippen LogP contribution in [0.5, 0.6) is 0 Å². The van der Waals surface area contributed by atoms with Gasteiger partial charge < -0.3 is 5.11 Å². The van der Waals surface area contributed by atoms with Crippen molar-refractivity contribution in [3.8, 4) is 0 Å². The number of aliphatic carboxylic acids is 1. The molecule has 0 heterocycles. The molecule has 0 spiro atoms. The van der Waals surface area contributed by atoms with Crippen LogP contribution >= 0.6 is 0 Å². The quantitative estimate of drug-likeness (QED) is 0.878. The van der Waals surface area contributed by atoms with E-state index in [0.717, 1.165) is 17.6 Å². The van der Waals surface area contributed by atoms with Gasteiger partial charge in [0.1, 0.15) is 5.41 Å². The van der Waals surface area contributed by atoms with Gasteiger partial charge in [0.15, 0.2) is 0 Å². The van der Waals surface area contributed by atoms with Crippen LogP contribution in [0.25, 0.3) is 0 Å². The second-order valence-electron chi connectivity index (χ2n) is 4.48. The molecule has 0 bridgehead atoms. The van der Waals surface area contributed by atoms with Crippen molar-refractivity contribution < 1.29 is 9.90 Å². The molecule has 0 aliphatic heterocycles. The van der Waals surface area contributed by atoms with E-state index in [1.54, 1.807) is 6.92 Å². The van der Waals surface area contributed by atoms with E-state index in [2.05, 4.69) is 0 Å². The summed E-state index contributed by atoms with van der Waals surface area (Å²) in [5, 5.41) is 9.63. The van der Waals surface area contributed by atoms with Crippen molar-refractivity contribution >= 4 is 5.97 Å². The fourth-order valence-electron chi connectivity index (χ4n) is 2.14. The van der Waals surface area contributed by atoms with Gasteiger partial charge in [0.2, 0.25) is 0 Å². The summed E-state index contributed by atoms with van der Waals surface area (Å²) in [7, 11) is 0. The Morgan fingerprint density at radius 3 is 2.40 bits per heavy atom. The van der Waals surface area contributed by atoms with Gasteiger partial charge in [-0.25, -0.2) is 0 Å². The first kappa shape index (κ1) is 16.0. The van der Waals surface area contributed by atoms with E-state index in [4.69, 9.17) is 0 Å². The Morgan fingerprint density at radius 1 is 1.15 bits per heavy atom. The molecule has 2 nitrogen and oxygen atoms in total. The third-order valence-corrected chi connectivity index (χ3v) is 3.35. The van der Waals surface area contributed by atoms with E-state index in [1.807, 2.05) is 74.6 Å². The molecule has 0 aromatic heterocycles. The zero-order valence-corrected chi connectivity index (χ0v) is 12.3. The van der Waals surface area contributed by atoms with Crippen LogP contribution in [-0.2, 0) is 10.2 Å². The second-order valence-corrected chi connectivity index (χ2v) is 4.48. The van der Waals surface area contributed by atoms with E-state index in [-0.39, 0.29) is 0 Å². The lowest BCUT2D eigenvalue weighted by atomic mass is 9.75. The maximum Gasteiger partial charge on any atom is 0.318 e. The number of carboxylic acid groups (broad SMARTS) is 1. The monoisotopic (exact) mass is 270 g/mol. The highest BCUT2D eigenvalue weighted by atomic mass is 16.4. The predicted octanol–water partition coefficient (Wildman–Crippen LogP) is 4.50. The van der Waals surface area contributed by atoms with Crippen molar-refractivity contribution in [1.82, 2.24) is 0 Å². The maximum atomic E-state index is 11.7. The molecule has 0 saturated heterocycles. The summed E-state index contributed by atoms with van der Waals surface area (Å²) in [6, 6.07) is 9.36. The van der Waals surface area contributed by atoms with E-state index < -0.39 is 11.4 Å². The van der Waals surface area contributed by atoms with E-state index >= 15 is 0 Å². The first-order valence-electron chi connectivity index (χ1n) is 6.98. The fraction of sp³-hybridized carbons (Fsp3) is 0.278. The fourth-order valence-corrected chi connectivity index (χ4v) is 2.14. The van der Waals surface area contributed by atoms with Crippen molar-refractivity contribution in [2.75, 3.05) is 0 Å². The highest BCUT2D eigenvalue weighted by molar-refractivity contribution is 5.86. The molecule has 1 atom stereocenters. The minimum Gasteiger partial charge on any atom is -0.480 e. The lowest BCUT2D eigenvalue weighted by Gasteiger charge is -2.27. The molecule has 0 amide bonds. The van der Waals surface area contributed by atoms with Gasteiger partial charge in [0.25, 0.3) is 0 Å². The molecular weight excluding hydrogens is 248 g/mol. The van der Waals surface area contributed by atoms with Gasteiger partial charge >= 0.3 is 5.97 Å². The molecular formula is C18H22O2. The first-order valence-corrected chi connectivity index (χ1v) is 6.98. The molecule has 1 aromatic carbocycles. The van der Waals surface area contributed by atoms with Crippen molar-refractivity contribution in [3.63, 3.8) is 0 Å². The number of benzene rings is 1. The van der Waals surface area contributed by atoms with Crippen molar-refractivity contribution in [2.24, 2.45) is 0 Å². The molecule has 2 rings (SSSR count). The Morgan fingerprint density at radius 2 is 1.80 bits per heavy atom. The highest BCUT2D eigenvalue weighted by Gasteiger charge is 2.37. The molecule has 20 heavy (non-hydrogen) atoms. The average molecular weight is 270 g/mol. The van der Waals surface area contributed by atoms with Gasteiger partial charge in [0.05, 0.1) is 0 Å². The SMILES string of the molecule is CC.CC(C(=O)O)(C1=CCC=CC=C1)c1ccccc1. The van der Waals surface area contributed by atoms with Crippen LogP contribution in [0.1, 0.15) is 32.8 Å². The smallest absolute Gasteiger partial charge is 0.318 e. The molecule has 0 radical (unpaired) electrons. The molecule has 106 valence electrons. The van der Waals surface area contributed by atoms with Gasteiger partial charge in [-0.1, -0.05) is 74.6 Å². The minimum atomic E-state index is -0.996. The normalized spacial score (nSPS) is 16.2. The summed E-state index contributed by atoms with van der Waals surface area (Å²) < 4.78 is 0. The number of carbonyl (C=O) groups is 1. The third kappa shape index (κ3) is 3.27. The molecule has 1 aliphatic carbocycles. The Balaban J connectivity index is 0.000000956. The van der Waals surface area contributed by atoms with Gasteiger partial charge in [-0.05, 0) is 24.5 Å². The summed E-state index contributed by atoms with van der Waals surface area (Å²) in [6.07, 6.45) is 10.5. The first-order chi connectivity index (χ1) is 9.65. The lowest BCUT2D eigenvalue weighted by molar-refractivity contribution is -0.141. The van der Waals surface area contributed by atoms with Crippen LogP contribution in [-0.4, -0.2) is 11.1 Å². The average Bonchev–Trinajstić information content (AvgIpc) is 2.78. The Bertz CT molecular complexity index is 524. The van der Waals surface area contributed by atoms with Crippen LogP contribution in [0.2, 0.25) is 0 Å². The summed E-state index contributed by atoms with van der Waals surface area (Å²) >= 11 is 0. The molecule has 0 fully saturated rings. The number of hydrogen-bond donors (Lipinski definition) is 1. The maximum absolute atomic E-state index is 11.7. The third-order valence-electron chi connectivity index (χ3n) is 3.35. The second kappa shape index (κ2) is 7.49. The number of carboxylic acids is 1. The van der Waals surface area contributed by atoms with Crippen molar-refractivity contribution in [2.45, 2.75) is 32.6 Å². The van der Waals surface area contributed by atoms with Gasteiger partial charge in [-0.2, -0.15) is 0 Å². The zero-order chi connectivity index (χ0) is 15.0. The molecule has 1 unspecified atom stereocenters. The van der Waals surface area contributed by atoms with Crippen LogP contribution in [0.3, 0.4) is 0 Å². The van der Waals surface area contributed by atoms with Crippen LogP contribution in [0, 0.1) is 0 Å². The molecule has 0 saturated carbocycles. The van der Waals surface area contributed by atoms with Crippen molar-refractivity contribution in [1.29, 1.82) is 0 Å². The van der Waals surface area contributed by atoms with Crippen LogP contribution < -0.4 is 0 Å². The predicted molar refractivity (Wildman–Crippen MR) is 83.8 cm³/mol. The number of allylic oxidation sites excluding steroid dienone is 5. The topological polar surface area (TPSA) is 37.3 Å². The zero-order valence-electron chi connectivity index (χ0n) is 12.3. The Labute approximate surface area is 121 Å². The van der Waals surface area contributed by atoms with E-state index in [9.17, 15) is 9.90 Å². The van der Waals surface area contributed by atoms with Crippen LogP contribution in [0.15, 0.2) is 66.3 Å². The lowest BCUT2D eigenvalue weighted by Crippen LogP contribution is -2.34. The van der Waals surface area contributed by atoms with Gasteiger partial charge in [-0.15, -0.1) is 0 Å². The van der Waals surface area contributed by atoms with Crippen LogP contribution in [0.4, 0.5) is 0 Å². The minimum absolute atomic E-state index is 0.762. The summed E-state index contributed by atoms with van der Waals surface area (Å²) in [5.74, 6) is -0.827. The molecule has 1 aromatic rings. The van der Waals surface area contributed by atoms with E-state index in [0.29, 0.717) is 0 Å². The molecule has 1 aliphatic rings. The summed E-state index contributed by atoms with van der Waals surface area (Å²) in [4.78, 5) is 11.7. The van der Waals surface area contributed by atoms with Gasteiger partial charge in [0, 0.05) is 0 Å². The summed E-state index contributed by atoms with van der Waals surface area (Å²) in [5.41, 5.74) is 0.630. The standard InChI is InChI=1S/C16H16O2.C2H6/c1-16(15(17)18,14-11-7-4-8-12-14)13-9-5-2-3-6-10-13;1-2/h2-5,7-12H,6H2,1H3,(H,17,18);1-2H3. The van der Waals surface area contributed by atoms with Crippen molar-refractivity contribution in [3.05, 3.63) is 71.8 Å².